The maximum absolute atomic E-state index is 15.4. The zero-order chi connectivity index (χ0) is 37.2. The zero-order valence-electron chi connectivity index (χ0n) is 28.3. The van der Waals surface area contributed by atoms with E-state index in [0.29, 0.717) is 28.2 Å². The molecule has 1 saturated carbocycles. The molecule has 2 fully saturated rings. The molecule has 0 radical (unpaired) electrons. The van der Waals surface area contributed by atoms with E-state index >= 15 is 4.39 Å². The van der Waals surface area contributed by atoms with Gasteiger partial charge in [-0.3, -0.25) is 9.62 Å². The molecule has 1 aliphatic carbocycles. The molecule has 5 aromatic rings. The average molecular weight is 773 g/mol. The van der Waals surface area contributed by atoms with Gasteiger partial charge in [-0.25, -0.2) is 40.7 Å². The zero-order valence-corrected chi connectivity index (χ0v) is 30.7. The van der Waals surface area contributed by atoms with Crippen molar-refractivity contribution in [2.45, 2.75) is 47.6 Å². The maximum atomic E-state index is 15.4. The SMILES string of the molecule is CN1CCN(C2CCC(n3cc(-c4ccc(NS(=O)(=O)c5ccc(F)cc5Cl)c(F)c4)c4c(N)ncnc43)CC2)CC1.NS(=O)(=O)c1ccccc1. The van der Waals surface area contributed by atoms with Crippen LogP contribution in [0.15, 0.2) is 89.0 Å². The summed E-state index contributed by atoms with van der Waals surface area (Å²) in [5, 5.41) is 5.15. The number of benzene rings is 3. The van der Waals surface area contributed by atoms with Crippen LogP contribution in [0.1, 0.15) is 31.7 Å². The Balaban J connectivity index is 0.000000402. The molecule has 7 rings (SSSR count). The Morgan fingerprint density at radius 1 is 0.865 bits per heavy atom. The number of nitrogen functional groups attached to an aromatic ring is 1. The quantitative estimate of drug-likeness (QED) is 0.194. The predicted molar refractivity (Wildman–Crippen MR) is 198 cm³/mol. The Morgan fingerprint density at radius 3 is 2.15 bits per heavy atom. The summed E-state index contributed by atoms with van der Waals surface area (Å²) in [6.45, 7) is 4.39. The van der Waals surface area contributed by atoms with Crippen molar-refractivity contribution in [2.24, 2.45) is 5.14 Å². The van der Waals surface area contributed by atoms with Gasteiger partial charge < -0.3 is 15.2 Å². The third-order valence-electron chi connectivity index (χ3n) is 9.53. The number of nitrogens with zero attached hydrogens (tertiary/aromatic N) is 5. The highest BCUT2D eigenvalue weighted by atomic mass is 35.5. The molecule has 276 valence electrons. The van der Waals surface area contributed by atoms with Crippen molar-refractivity contribution < 1.29 is 25.6 Å². The number of aromatic nitrogens is 3. The smallest absolute Gasteiger partial charge is 0.263 e. The molecule has 3 aromatic carbocycles. The molecule has 0 bridgehead atoms. The summed E-state index contributed by atoms with van der Waals surface area (Å²) in [6.07, 6.45) is 7.55. The number of primary sulfonamides is 1. The van der Waals surface area contributed by atoms with Crippen molar-refractivity contribution in [3.63, 3.8) is 0 Å². The Morgan fingerprint density at radius 2 is 1.54 bits per heavy atom. The second-order valence-electron chi connectivity index (χ2n) is 12.9. The molecule has 0 unspecified atom stereocenters. The molecular formula is C35H39ClF2N8O4S2. The van der Waals surface area contributed by atoms with E-state index in [0.717, 1.165) is 70.1 Å². The molecule has 1 aliphatic heterocycles. The van der Waals surface area contributed by atoms with Gasteiger partial charge in [-0.2, -0.15) is 0 Å². The summed E-state index contributed by atoms with van der Waals surface area (Å²) in [7, 11) is -5.60. The molecule has 52 heavy (non-hydrogen) atoms. The maximum Gasteiger partial charge on any atom is 0.263 e. The van der Waals surface area contributed by atoms with Crippen LogP contribution in [0.3, 0.4) is 0 Å². The number of nitrogens with two attached hydrogens (primary N) is 2. The van der Waals surface area contributed by atoms with Gasteiger partial charge in [0, 0.05) is 50.0 Å². The number of hydrogen-bond acceptors (Lipinski definition) is 9. The van der Waals surface area contributed by atoms with Crippen molar-refractivity contribution in [3.05, 3.63) is 95.9 Å². The Labute approximate surface area is 306 Å². The summed E-state index contributed by atoms with van der Waals surface area (Å²) in [4.78, 5) is 13.5. The van der Waals surface area contributed by atoms with E-state index in [1.165, 1.54) is 30.6 Å². The van der Waals surface area contributed by atoms with Crippen LogP contribution < -0.4 is 15.6 Å². The fourth-order valence-corrected chi connectivity index (χ4v) is 8.90. The lowest BCUT2D eigenvalue weighted by Crippen LogP contribution is -2.49. The summed E-state index contributed by atoms with van der Waals surface area (Å²) in [5.74, 6) is -1.19. The molecule has 2 aliphatic rings. The fourth-order valence-electron chi connectivity index (χ4n) is 6.76. The highest BCUT2D eigenvalue weighted by Gasteiger charge is 2.30. The van der Waals surface area contributed by atoms with Crippen LogP contribution in [-0.4, -0.2) is 80.4 Å². The van der Waals surface area contributed by atoms with E-state index in [-0.39, 0.29) is 32.4 Å². The molecule has 3 heterocycles. The minimum Gasteiger partial charge on any atom is -0.383 e. The van der Waals surface area contributed by atoms with Gasteiger partial charge in [0.1, 0.15) is 34.3 Å². The Hall–Kier alpha value is -4.19. The molecule has 0 amide bonds. The fraction of sp³-hybridized carbons (Fsp3) is 0.314. The number of nitrogens with one attached hydrogen (secondary N) is 1. The number of rotatable bonds is 7. The third kappa shape index (κ3) is 8.37. The molecule has 17 heteroatoms. The lowest BCUT2D eigenvalue weighted by molar-refractivity contribution is 0.0828. The third-order valence-corrected chi connectivity index (χ3v) is 12.3. The number of anilines is 2. The van der Waals surface area contributed by atoms with Crippen LogP contribution in [0.2, 0.25) is 5.02 Å². The first-order valence-corrected chi connectivity index (χ1v) is 20.0. The standard InChI is InChI=1S/C29H32ClF2N7O2S.C6H7NO2S/c1-37-10-12-38(13-11-37)20-4-6-21(7-5-20)39-16-22(27-28(33)34-17-35-29(27)39)18-2-8-25(24(32)14-18)36-42(40,41)26-9-3-19(31)15-23(26)30;7-10(8,9)6-4-2-1-3-5-6/h2-3,8-9,14-17,20-21,36H,4-7,10-13H2,1H3,(H2,33,34,35);1-5H,(H2,7,8,9). The number of likely N-dealkylation sites (N-methyl/N-ethyl adjacent to an activating group) is 1. The molecule has 1 saturated heterocycles. The lowest BCUT2D eigenvalue weighted by atomic mass is 9.89. The molecule has 2 aromatic heterocycles. The normalized spacial score (nSPS) is 18.9. The highest BCUT2D eigenvalue weighted by molar-refractivity contribution is 7.92. The highest BCUT2D eigenvalue weighted by Crippen LogP contribution is 2.40. The van der Waals surface area contributed by atoms with E-state index in [1.807, 2.05) is 6.20 Å². The van der Waals surface area contributed by atoms with Crippen LogP contribution in [0.4, 0.5) is 20.3 Å². The van der Waals surface area contributed by atoms with E-state index in [1.54, 1.807) is 24.3 Å². The minimum absolute atomic E-state index is 0.148. The molecule has 12 nitrogen and oxygen atoms in total. The van der Waals surface area contributed by atoms with Gasteiger partial charge in [-0.1, -0.05) is 35.9 Å². The van der Waals surface area contributed by atoms with Crippen molar-refractivity contribution in [3.8, 4) is 11.1 Å². The van der Waals surface area contributed by atoms with Gasteiger partial charge >= 0.3 is 0 Å². The van der Waals surface area contributed by atoms with Crippen molar-refractivity contribution in [2.75, 3.05) is 43.7 Å². The van der Waals surface area contributed by atoms with Gasteiger partial charge in [0.25, 0.3) is 10.0 Å². The Kier molecular flexibility index (Phi) is 11.1. The van der Waals surface area contributed by atoms with E-state index in [9.17, 15) is 21.2 Å². The number of fused-ring (bicyclic) bond motifs is 1. The lowest BCUT2D eigenvalue weighted by Gasteiger charge is -2.41. The van der Waals surface area contributed by atoms with E-state index in [2.05, 4.69) is 36.1 Å². The summed E-state index contributed by atoms with van der Waals surface area (Å²) >= 11 is 5.93. The van der Waals surface area contributed by atoms with Gasteiger partial charge in [0.2, 0.25) is 10.0 Å². The van der Waals surface area contributed by atoms with E-state index in [4.69, 9.17) is 22.5 Å². The number of hydrogen-bond donors (Lipinski definition) is 3. The van der Waals surface area contributed by atoms with E-state index < -0.39 is 31.7 Å². The van der Waals surface area contributed by atoms with Gasteiger partial charge in [-0.05, 0) is 80.8 Å². The topological polar surface area (TPSA) is 170 Å². The second kappa shape index (κ2) is 15.4. The summed E-state index contributed by atoms with van der Waals surface area (Å²) in [5.41, 5.74) is 7.90. The molecular weight excluding hydrogens is 734 g/mol. The van der Waals surface area contributed by atoms with Crippen LogP contribution in [0.25, 0.3) is 22.2 Å². The summed E-state index contributed by atoms with van der Waals surface area (Å²) < 4.78 is 80.0. The molecule has 5 N–H and O–H groups in total. The first-order valence-electron chi connectivity index (χ1n) is 16.6. The number of halogens is 3. The predicted octanol–water partition coefficient (Wildman–Crippen LogP) is 5.48. The number of piperazine rings is 1. The van der Waals surface area contributed by atoms with Crippen LogP contribution in [0, 0.1) is 11.6 Å². The average Bonchev–Trinajstić information content (AvgIpc) is 3.51. The Bertz CT molecular complexity index is 2280. The van der Waals surface area contributed by atoms with Gasteiger partial charge in [0.05, 0.1) is 21.0 Å². The first kappa shape index (κ1) is 37.6. The largest absolute Gasteiger partial charge is 0.383 e. The first-order chi connectivity index (χ1) is 24.7. The van der Waals surface area contributed by atoms with Gasteiger partial charge in [-0.15, -0.1) is 0 Å². The second-order valence-corrected chi connectivity index (χ2v) is 16.6. The number of sulfonamides is 2. The van der Waals surface area contributed by atoms with Crippen molar-refractivity contribution >= 4 is 54.2 Å². The monoisotopic (exact) mass is 772 g/mol. The molecule has 0 atom stereocenters. The van der Waals surface area contributed by atoms with Gasteiger partial charge in [0.15, 0.2) is 0 Å². The van der Waals surface area contributed by atoms with Crippen LogP contribution >= 0.6 is 11.6 Å². The van der Waals surface area contributed by atoms with Crippen molar-refractivity contribution in [1.82, 2.24) is 24.3 Å². The molecule has 0 spiro atoms. The summed E-state index contributed by atoms with van der Waals surface area (Å²) in [6, 6.07) is 15.8. The minimum atomic E-state index is -4.27. The van der Waals surface area contributed by atoms with Crippen molar-refractivity contribution in [1.29, 1.82) is 0 Å². The van der Waals surface area contributed by atoms with Crippen LogP contribution in [-0.2, 0) is 20.0 Å². The van der Waals surface area contributed by atoms with Crippen LogP contribution in [0.5, 0.6) is 0 Å².